The fraction of sp³-hybridized carbons (Fsp3) is 0.600. The maximum absolute atomic E-state index is 12.2. The lowest BCUT2D eigenvalue weighted by Gasteiger charge is -2.17. The molecular weight excluding hydrogens is 455 g/mol. The Labute approximate surface area is 180 Å². The van der Waals surface area contributed by atoms with Gasteiger partial charge in [0, 0.05) is 19.6 Å². The van der Waals surface area contributed by atoms with Crippen molar-refractivity contribution in [1.29, 1.82) is 0 Å². The van der Waals surface area contributed by atoms with Crippen LogP contribution < -0.4 is 15.4 Å². The third-order valence-electron chi connectivity index (χ3n) is 4.29. The van der Waals surface area contributed by atoms with Gasteiger partial charge in [-0.3, -0.25) is 4.79 Å². The maximum atomic E-state index is 12.2. The zero-order valence-electron chi connectivity index (χ0n) is 16.5. The molecule has 0 aromatic heterocycles. The first kappa shape index (κ1) is 23.5. The molecule has 1 fully saturated rings. The van der Waals surface area contributed by atoms with Crippen molar-refractivity contribution in [2.75, 3.05) is 32.8 Å². The molecule has 1 saturated heterocycles. The maximum Gasteiger partial charge on any atom is 0.241 e. The molecule has 0 saturated carbocycles. The van der Waals surface area contributed by atoms with Crippen molar-refractivity contribution in [1.82, 2.24) is 15.5 Å². The Hall–Kier alpha value is -1.51. The van der Waals surface area contributed by atoms with Crippen molar-refractivity contribution >= 4 is 35.8 Å². The number of amides is 1. The van der Waals surface area contributed by atoms with Crippen LogP contribution in [0.5, 0.6) is 5.75 Å². The Morgan fingerprint density at radius 2 is 2.00 bits per heavy atom. The highest BCUT2D eigenvalue weighted by molar-refractivity contribution is 14.0. The van der Waals surface area contributed by atoms with Gasteiger partial charge in [0.25, 0.3) is 0 Å². The molecule has 1 amide bonds. The molecule has 0 aliphatic carbocycles. The summed E-state index contributed by atoms with van der Waals surface area (Å²) in [5.74, 6) is 1.69. The second kappa shape index (κ2) is 13.6. The minimum atomic E-state index is 0. The first-order chi connectivity index (χ1) is 12.7. The molecule has 0 spiro atoms. The zero-order chi connectivity index (χ0) is 18.6. The zero-order valence-corrected chi connectivity index (χ0v) is 18.8. The molecule has 27 heavy (non-hydrogen) atoms. The van der Waals surface area contributed by atoms with Crippen LogP contribution in [0.1, 0.15) is 45.1 Å². The number of rotatable bonds is 9. The van der Waals surface area contributed by atoms with E-state index in [1.807, 2.05) is 36.1 Å². The van der Waals surface area contributed by atoms with Crippen molar-refractivity contribution < 1.29 is 9.53 Å². The SMILES string of the molecule is CCCCOc1cccc(CN=C(NCC)NCC(=O)N2CCCC2)c1.I. The third-order valence-corrected chi connectivity index (χ3v) is 4.29. The summed E-state index contributed by atoms with van der Waals surface area (Å²) < 4.78 is 5.75. The summed E-state index contributed by atoms with van der Waals surface area (Å²) in [5.41, 5.74) is 1.09. The molecule has 2 rings (SSSR count). The van der Waals surface area contributed by atoms with Gasteiger partial charge in [0.1, 0.15) is 5.75 Å². The molecule has 7 heteroatoms. The number of nitrogens with zero attached hydrogens (tertiary/aromatic N) is 2. The predicted octanol–water partition coefficient (Wildman–Crippen LogP) is 3.16. The van der Waals surface area contributed by atoms with Gasteiger partial charge in [-0.15, -0.1) is 24.0 Å². The first-order valence-electron chi connectivity index (χ1n) is 9.74. The van der Waals surface area contributed by atoms with Gasteiger partial charge in [-0.05, 0) is 43.9 Å². The molecule has 1 aromatic carbocycles. The normalized spacial score (nSPS) is 13.9. The van der Waals surface area contributed by atoms with Crippen LogP contribution in [-0.2, 0) is 11.3 Å². The van der Waals surface area contributed by atoms with Gasteiger partial charge in [0.2, 0.25) is 5.91 Å². The molecule has 6 nitrogen and oxygen atoms in total. The van der Waals surface area contributed by atoms with Crippen LogP contribution in [0.2, 0.25) is 0 Å². The van der Waals surface area contributed by atoms with Crippen molar-refractivity contribution in [3.05, 3.63) is 29.8 Å². The number of carbonyl (C=O) groups is 1. The van der Waals surface area contributed by atoms with Gasteiger partial charge in [-0.1, -0.05) is 25.5 Å². The van der Waals surface area contributed by atoms with Crippen molar-refractivity contribution in [3.8, 4) is 5.75 Å². The van der Waals surface area contributed by atoms with E-state index in [1.54, 1.807) is 0 Å². The molecule has 0 radical (unpaired) electrons. The predicted molar refractivity (Wildman–Crippen MR) is 121 cm³/mol. The van der Waals surface area contributed by atoms with Gasteiger partial charge in [0.15, 0.2) is 5.96 Å². The topological polar surface area (TPSA) is 66.0 Å². The highest BCUT2D eigenvalue weighted by atomic mass is 127. The summed E-state index contributed by atoms with van der Waals surface area (Å²) >= 11 is 0. The Kier molecular flexibility index (Phi) is 11.9. The molecule has 0 atom stereocenters. The van der Waals surface area contributed by atoms with E-state index in [0.717, 1.165) is 63.2 Å². The number of unbranched alkanes of at least 4 members (excludes halogenated alkanes) is 1. The molecule has 2 N–H and O–H groups in total. The minimum Gasteiger partial charge on any atom is -0.494 e. The quantitative estimate of drug-likeness (QED) is 0.243. The lowest BCUT2D eigenvalue weighted by Crippen LogP contribution is -2.44. The highest BCUT2D eigenvalue weighted by Crippen LogP contribution is 2.14. The van der Waals surface area contributed by atoms with Crippen molar-refractivity contribution in [3.63, 3.8) is 0 Å². The Balaban J connectivity index is 0.00000364. The van der Waals surface area contributed by atoms with E-state index < -0.39 is 0 Å². The number of aliphatic imine (C=N–C) groups is 1. The van der Waals surface area contributed by atoms with Crippen LogP contribution in [0.3, 0.4) is 0 Å². The van der Waals surface area contributed by atoms with Gasteiger partial charge in [0.05, 0.1) is 19.7 Å². The van der Waals surface area contributed by atoms with E-state index >= 15 is 0 Å². The number of hydrogen-bond acceptors (Lipinski definition) is 3. The summed E-state index contributed by atoms with van der Waals surface area (Å²) in [7, 11) is 0. The second-order valence-corrected chi connectivity index (χ2v) is 6.49. The lowest BCUT2D eigenvalue weighted by molar-refractivity contribution is -0.128. The van der Waals surface area contributed by atoms with Gasteiger partial charge in [-0.25, -0.2) is 4.99 Å². The van der Waals surface area contributed by atoms with E-state index in [0.29, 0.717) is 12.5 Å². The Morgan fingerprint density at radius 3 is 2.70 bits per heavy atom. The monoisotopic (exact) mass is 488 g/mol. The molecular formula is C20H33IN4O2. The van der Waals surface area contributed by atoms with E-state index in [-0.39, 0.29) is 36.4 Å². The first-order valence-corrected chi connectivity index (χ1v) is 9.74. The Morgan fingerprint density at radius 1 is 1.22 bits per heavy atom. The lowest BCUT2D eigenvalue weighted by atomic mass is 10.2. The van der Waals surface area contributed by atoms with Crippen molar-refractivity contribution in [2.45, 2.75) is 46.1 Å². The number of halogens is 1. The van der Waals surface area contributed by atoms with Crippen LogP contribution in [0.25, 0.3) is 0 Å². The minimum absolute atomic E-state index is 0. The van der Waals surface area contributed by atoms with Crippen LogP contribution in [0.4, 0.5) is 0 Å². The van der Waals surface area contributed by atoms with Crippen molar-refractivity contribution in [2.24, 2.45) is 4.99 Å². The molecule has 0 bridgehead atoms. The molecule has 152 valence electrons. The summed E-state index contributed by atoms with van der Waals surface area (Å²) in [6.45, 7) is 8.23. The van der Waals surface area contributed by atoms with Gasteiger partial charge in [-0.2, -0.15) is 0 Å². The number of carbonyl (C=O) groups excluding carboxylic acids is 1. The average Bonchev–Trinajstić information content (AvgIpc) is 3.19. The number of hydrogen-bond donors (Lipinski definition) is 2. The highest BCUT2D eigenvalue weighted by Gasteiger charge is 2.17. The van der Waals surface area contributed by atoms with E-state index in [9.17, 15) is 4.79 Å². The van der Waals surface area contributed by atoms with E-state index in [4.69, 9.17) is 4.74 Å². The molecule has 1 aliphatic rings. The molecule has 0 unspecified atom stereocenters. The number of likely N-dealkylation sites (tertiary alicyclic amines) is 1. The summed E-state index contributed by atoms with van der Waals surface area (Å²) in [4.78, 5) is 18.7. The van der Waals surface area contributed by atoms with Crippen LogP contribution in [0, 0.1) is 0 Å². The largest absolute Gasteiger partial charge is 0.494 e. The fourth-order valence-corrected chi connectivity index (χ4v) is 2.82. The number of guanidine groups is 1. The van der Waals surface area contributed by atoms with Crippen LogP contribution in [-0.4, -0.2) is 49.6 Å². The smallest absolute Gasteiger partial charge is 0.241 e. The van der Waals surface area contributed by atoms with E-state index in [1.165, 1.54) is 0 Å². The standard InChI is InChI=1S/C20H32N4O2.HI/c1-3-5-13-26-18-10-8-9-17(14-18)15-22-20(21-4-2)23-16-19(25)24-11-6-7-12-24;/h8-10,14H,3-7,11-13,15-16H2,1-2H3,(H2,21,22,23);1H. The summed E-state index contributed by atoms with van der Waals surface area (Å²) in [6.07, 6.45) is 4.40. The van der Waals surface area contributed by atoms with Gasteiger partial charge < -0.3 is 20.3 Å². The third kappa shape index (κ3) is 8.81. The van der Waals surface area contributed by atoms with Gasteiger partial charge >= 0.3 is 0 Å². The summed E-state index contributed by atoms with van der Waals surface area (Å²) in [6, 6.07) is 8.03. The Bertz CT molecular complexity index is 589. The van der Waals surface area contributed by atoms with Crippen LogP contribution >= 0.6 is 24.0 Å². The summed E-state index contributed by atoms with van der Waals surface area (Å²) in [5, 5.41) is 6.33. The average molecular weight is 488 g/mol. The van der Waals surface area contributed by atoms with E-state index in [2.05, 4.69) is 22.5 Å². The number of benzene rings is 1. The molecule has 1 aromatic rings. The van der Waals surface area contributed by atoms with Crippen LogP contribution in [0.15, 0.2) is 29.3 Å². The fourth-order valence-electron chi connectivity index (χ4n) is 2.82. The molecule has 1 aliphatic heterocycles. The second-order valence-electron chi connectivity index (χ2n) is 6.49. The molecule has 1 heterocycles. The number of nitrogens with one attached hydrogen (secondary N) is 2. The number of ether oxygens (including phenoxy) is 1.